The van der Waals surface area contributed by atoms with Gasteiger partial charge in [-0.2, -0.15) is 0 Å². The number of hydrogen-bond acceptors (Lipinski definition) is 2. The number of carbonyl (C=O) groups is 1. The molecule has 0 aromatic heterocycles. The highest BCUT2D eigenvalue weighted by molar-refractivity contribution is 14.1. The first-order valence-corrected chi connectivity index (χ1v) is 9.14. The average Bonchev–Trinajstić information content (AvgIpc) is 2.48. The molecule has 1 aromatic rings. The number of hydrogen-bond donors (Lipinski definition) is 1. The molecule has 22 heavy (non-hydrogen) atoms. The van der Waals surface area contributed by atoms with Crippen molar-refractivity contribution in [3.05, 3.63) is 21.8 Å². The zero-order valence-electron chi connectivity index (χ0n) is 13.9. The Kier molecular flexibility index (Phi) is 6.12. The van der Waals surface area contributed by atoms with Gasteiger partial charge in [0.1, 0.15) is 5.75 Å². The van der Waals surface area contributed by atoms with Gasteiger partial charge in [-0.1, -0.05) is 27.2 Å². The molecule has 122 valence electrons. The highest BCUT2D eigenvalue weighted by Gasteiger charge is 2.35. The molecule has 0 bridgehead atoms. The van der Waals surface area contributed by atoms with Crippen molar-refractivity contribution >= 4 is 34.2 Å². The Hall–Kier alpha value is -0.780. The van der Waals surface area contributed by atoms with Gasteiger partial charge in [0.2, 0.25) is 5.91 Å². The normalized spacial score (nSPS) is 25.1. The molecule has 3 nitrogen and oxygen atoms in total. The van der Waals surface area contributed by atoms with Crippen LogP contribution in [-0.4, -0.2) is 13.0 Å². The van der Waals surface area contributed by atoms with E-state index in [2.05, 4.69) is 48.7 Å². The molecule has 0 heterocycles. The number of amides is 1. The number of benzene rings is 1. The van der Waals surface area contributed by atoms with Gasteiger partial charge in [-0.15, -0.1) is 0 Å². The lowest BCUT2D eigenvalue weighted by Crippen LogP contribution is -2.36. The van der Waals surface area contributed by atoms with E-state index in [9.17, 15) is 4.79 Å². The van der Waals surface area contributed by atoms with Crippen molar-refractivity contribution in [2.24, 2.45) is 23.7 Å². The average molecular weight is 415 g/mol. The fraction of sp³-hybridized carbons (Fsp3) is 0.611. The van der Waals surface area contributed by atoms with E-state index in [0.29, 0.717) is 17.8 Å². The minimum Gasteiger partial charge on any atom is -0.497 e. The minimum atomic E-state index is 0.127. The van der Waals surface area contributed by atoms with E-state index < -0.39 is 0 Å². The SMILES string of the molecule is COc1ccc(NC(=O)C2CC(C)CCC2C(C)C)c(I)c1. The van der Waals surface area contributed by atoms with Crippen LogP contribution in [0.15, 0.2) is 18.2 Å². The van der Waals surface area contributed by atoms with E-state index >= 15 is 0 Å². The van der Waals surface area contributed by atoms with Gasteiger partial charge in [-0.05, 0) is 71.4 Å². The molecule has 2 rings (SSSR count). The number of methoxy groups -OCH3 is 1. The summed E-state index contributed by atoms with van der Waals surface area (Å²) >= 11 is 2.24. The predicted molar refractivity (Wildman–Crippen MR) is 99.2 cm³/mol. The van der Waals surface area contributed by atoms with Crippen LogP contribution in [0.3, 0.4) is 0 Å². The molecule has 0 aliphatic heterocycles. The van der Waals surface area contributed by atoms with Gasteiger partial charge < -0.3 is 10.1 Å². The third-order valence-corrected chi connectivity index (χ3v) is 5.69. The summed E-state index contributed by atoms with van der Waals surface area (Å²) in [5.41, 5.74) is 0.882. The summed E-state index contributed by atoms with van der Waals surface area (Å²) < 4.78 is 6.23. The van der Waals surface area contributed by atoms with Gasteiger partial charge in [0.15, 0.2) is 0 Å². The smallest absolute Gasteiger partial charge is 0.227 e. The summed E-state index contributed by atoms with van der Waals surface area (Å²) in [5.74, 6) is 2.80. The molecule has 3 unspecified atom stereocenters. The standard InChI is InChI=1S/C18H26INO2/c1-11(2)14-7-5-12(3)9-15(14)18(21)20-17-8-6-13(22-4)10-16(17)19/h6,8,10-12,14-15H,5,7,9H2,1-4H3,(H,20,21). The van der Waals surface area contributed by atoms with Gasteiger partial charge in [-0.3, -0.25) is 4.79 Å². The summed E-state index contributed by atoms with van der Waals surface area (Å²) in [6.07, 6.45) is 3.41. The van der Waals surface area contributed by atoms with Crippen molar-refractivity contribution < 1.29 is 9.53 Å². The molecule has 0 spiro atoms. The number of carbonyl (C=O) groups excluding carboxylic acids is 1. The molecule has 1 aromatic carbocycles. The maximum absolute atomic E-state index is 12.8. The molecule has 1 N–H and O–H groups in total. The number of anilines is 1. The van der Waals surface area contributed by atoms with Crippen molar-refractivity contribution in [1.82, 2.24) is 0 Å². The van der Waals surface area contributed by atoms with Gasteiger partial charge in [-0.25, -0.2) is 0 Å². The largest absolute Gasteiger partial charge is 0.497 e. The number of rotatable bonds is 4. The van der Waals surface area contributed by atoms with E-state index in [1.807, 2.05) is 18.2 Å². The second kappa shape index (κ2) is 7.66. The van der Waals surface area contributed by atoms with Gasteiger partial charge in [0.05, 0.1) is 12.8 Å². The van der Waals surface area contributed by atoms with Crippen molar-refractivity contribution in [2.75, 3.05) is 12.4 Å². The van der Waals surface area contributed by atoms with Crippen LogP contribution in [0.5, 0.6) is 5.75 Å². The fourth-order valence-electron chi connectivity index (χ4n) is 3.45. The van der Waals surface area contributed by atoms with Crippen LogP contribution in [0.25, 0.3) is 0 Å². The van der Waals surface area contributed by atoms with E-state index in [1.165, 1.54) is 6.42 Å². The summed E-state index contributed by atoms with van der Waals surface area (Å²) in [6.45, 7) is 6.73. The Morgan fingerprint density at radius 2 is 2.09 bits per heavy atom. The molecule has 0 saturated heterocycles. The van der Waals surface area contributed by atoms with Gasteiger partial charge >= 0.3 is 0 Å². The fourth-order valence-corrected chi connectivity index (χ4v) is 4.07. The van der Waals surface area contributed by atoms with Crippen LogP contribution >= 0.6 is 22.6 Å². The summed E-state index contributed by atoms with van der Waals surface area (Å²) in [5, 5.41) is 3.13. The second-order valence-electron chi connectivity index (χ2n) is 6.77. The molecule has 4 heteroatoms. The van der Waals surface area contributed by atoms with E-state index in [1.54, 1.807) is 7.11 Å². The molecule has 1 aliphatic rings. The molecule has 1 fully saturated rings. The maximum atomic E-state index is 12.8. The van der Waals surface area contributed by atoms with Gasteiger partial charge in [0, 0.05) is 9.49 Å². The van der Waals surface area contributed by atoms with Crippen molar-refractivity contribution in [3.8, 4) is 5.75 Å². The highest BCUT2D eigenvalue weighted by Crippen LogP contribution is 2.38. The van der Waals surface area contributed by atoms with Crippen molar-refractivity contribution in [3.63, 3.8) is 0 Å². The second-order valence-corrected chi connectivity index (χ2v) is 7.93. The zero-order valence-corrected chi connectivity index (χ0v) is 16.0. The highest BCUT2D eigenvalue weighted by atomic mass is 127. The third kappa shape index (κ3) is 4.15. The van der Waals surface area contributed by atoms with Crippen molar-refractivity contribution in [1.29, 1.82) is 0 Å². The number of nitrogens with one attached hydrogen (secondary N) is 1. The van der Waals surface area contributed by atoms with Crippen LogP contribution in [0, 0.1) is 27.2 Å². The van der Waals surface area contributed by atoms with Crippen LogP contribution in [0.2, 0.25) is 0 Å². The monoisotopic (exact) mass is 415 g/mol. The number of ether oxygens (including phenoxy) is 1. The molecular formula is C18H26INO2. The lowest BCUT2D eigenvalue weighted by Gasteiger charge is -2.36. The molecule has 0 radical (unpaired) electrons. The summed E-state index contributed by atoms with van der Waals surface area (Å²) in [6, 6.07) is 5.76. The molecule has 1 aliphatic carbocycles. The molecule has 3 atom stereocenters. The summed E-state index contributed by atoms with van der Waals surface area (Å²) in [4.78, 5) is 12.8. The van der Waals surface area contributed by atoms with E-state index in [-0.39, 0.29) is 11.8 Å². The Morgan fingerprint density at radius 3 is 2.68 bits per heavy atom. The maximum Gasteiger partial charge on any atom is 0.227 e. The first kappa shape index (κ1) is 17.6. The Labute approximate surface area is 147 Å². The van der Waals surface area contributed by atoms with E-state index in [0.717, 1.165) is 27.8 Å². The Balaban J connectivity index is 2.12. The zero-order chi connectivity index (χ0) is 16.3. The first-order valence-electron chi connectivity index (χ1n) is 8.06. The Bertz CT molecular complexity index is 530. The first-order chi connectivity index (χ1) is 10.4. The van der Waals surface area contributed by atoms with Crippen LogP contribution < -0.4 is 10.1 Å². The third-order valence-electron chi connectivity index (χ3n) is 4.79. The quantitative estimate of drug-likeness (QED) is 0.707. The lowest BCUT2D eigenvalue weighted by molar-refractivity contribution is -0.124. The van der Waals surface area contributed by atoms with Crippen LogP contribution in [-0.2, 0) is 4.79 Å². The molecular weight excluding hydrogens is 389 g/mol. The Morgan fingerprint density at radius 1 is 1.36 bits per heavy atom. The van der Waals surface area contributed by atoms with Crippen LogP contribution in [0.1, 0.15) is 40.0 Å². The summed E-state index contributed by atoms with van der Waals surface area (Å²) in [7, 11) is 1.65. The molecule has 1 amide bonds. The van der Waals surface area contributed by atoms with Crippen LogP contribution in [0.4, 0.5) is 5.69 Å². The van der Waals surface area contributed by atoms with Gasteiger partial charge in [0.25, 0.3) is 0 Å². The van der Waals surface area contributed by atoms with Crippen molar-refractivity contribution in [2.45, 2.75) is 40.0 Å². The molecule has 1 saturated carbocycles. The van der Waals surface area contributed by atoms with E-state index in [4.69, 9.17) is 4.74 Å². The topological polar surface area (TPSA) is 38.3 Å². The predicted octanol–water partition coefficient (Wildman–Crippen LogP) is 4.95. The number of halogens is 1. The lowest BCUT2D eigenvalue weighted by atomic mass is 9.70. The minimum absolute atomic E-state index is 0.127.